The fraction of sp³-hybridized carbons (Fsp3) is 0.360. The summed E-state index contributed by atoms with van der Waals surface area (Å²) in [7, 11) is -4.59. The van der Waals surface area contributed by atoms with E-state index in [-0.39, 0.29) is 18.7 Å². The molecule has 9 heteroatoms. The molecule has 6 nitrogen and oxygen atoms in total. The molecule has 0 saturated carbocycles. The molecule has 2 heterocycles. The van der Waals surface area contributed by atoms with E-state index < -0.39 is 39.9 Å². The average Bonchev–Trinajstić information content (AvgIpc) is 3.07. The van der Waals surface area contributed by atoms with Gasteiger partial charge in [-0.1, -0.05) is 42.8 Å². The van der Waals surface area contributed by atoms with E-state index in [2.05, 4.69) is 0 Å². The lowest BCUT2D eigenvalue weighted by Gasteiger charge is -2.32. The molecule has 34 heavy (non-hydrogen) atoms. The van der Waals surface area contributed by atoms with E-state index in [0.717, 1.165) is 5.57 Å². The second-order valence-corrected chi connectivity index (χ2v) is 10.9. The van der Waals surface area contributed by atoms with Crippen LogP contribution >= 0.6 is 0 Å². The molecular weight excluding hydrogens is 458 g/mol. The Morgan fingerprint density at radius 3 is 2.74 bits per heavy atom. The first-order valence-electron chi connectivity index (χ1n) is 11.4. The zero-order chi connectivity index (χ0) is 24.3. The Balaban J connectivity index is 1.54. The van der Waals surface area contributed by atoms with Gasteiger partial charge >= 0.3 is 7.12 Å². The van der Waals surface area contributed by atoms with Gasteiger partial charge in [0.15, 0.2) is 21.4 Å². The molecule has 2 aromatic carbocycles. The average molecular weight is 486 g/mol. The van der Waals surface area contributed by atoms with Crippen molar-refractivity contribution in [1.29, 1.82) is 0 Å². The molecule has 0 radical (unpaired) electrons. The van der Waals surface area contributed by atoms with Crippen molar-refractivity contribution in [2.24, 2.45) is 0 Å². The molecule has 0 aliphatic carbocycles. The highest BCUT2D eigenvalue weighted by atomic mass is 32.2. The number of hydrogen-bond acceptors (Lipinski definition) is 6. The highest BCUT2D eigenvalue weighted by Crippen LogP contribution is 2.40. The van der Waals surface area contributed by atoms with Crippen molar-refractivity contribution >= 4 is 23.0 Å². The molecule has 2 N–H and O–H groups in total. The second kappa shape index (κ2) is 10.3. The Kier molecular flexibility index (Phi) is 7.45. The van der Waals surface area contributed by atoms with Gasteiger partial charge in [-0.2, -0.15) is 0 Å². The minimum Gasteiger partial charge on any atom is -0.505 e. The normalized spacial score (nSPS) is 22.1. The number of halogens is 1. The zero-order valence-electron chi connectivity index (χ0n) is 19.0. The Labute approximate surface area is 199 Å². The SMILES string of the molecule is CC/C(=C\c1ccc(O)c(F)c1)CC[C@H]1OB(O)C[C@H]2C1=C(COc1ccccc1)CS2(=O)=O. The second-order valence-electron chi connectivity index (χ2n) is 8.68. The number of rotatable bonds is 8. The predicted octanol–water partition coefficient (Wildman–Crippen LogP) is 4.16. The van der Waals surface area contributed by atoms with Gasteiger partial charge in [0.1, 0.15) is 12.4 Å². The third-order valence-corrected chi connectivity index (χ3v) is 8.39. The first kappa shape index (κ1) is 24.5. The number of phenols is 1. The van der Waals surface area contributed by atoms with E-state index in [9.17, 15) is 22.9 Å². The van der Waals surface area contributed by atoms with Crippen molar-refractivity contribution in [2.45, 2.75) is 43.9 Å². The number of fused-ring (bicyclic) bond motifs is 1. The lowest BCUT2D eigenvalue weighted by Crippen LogP contribution is -2.42. The zero-order valence-corrected chi connectivity index (χ0v) is 19.8. The van der Waals surface area contributed by atoms with Crippen LogP contribution in [0.25, 0.3) is 6.08 Å². The molecule has 2 atom stereocenters. The number of sulfone groups is 1. The summed E-state index contributed by atoms with van der Waals surface area (Å²) in [6.45, 7) is 2.13. The largest absolute Gasteiger partial charge is 0.505 e. The van der Waals surface area contributed by atoms with Gasteiger partial charge in [0, 0.05) is 6.32 Å². The van der Waals surface area contributed by atoms with E-state index >= 15 is 0 Å². The van der Waals surface area contributed by atoms with Crippen LogP contribution in [0.4, 0.5) is 4.39 Å². The van der Waals surface area contributed by atoms with Gasteiger partial charge in [-0.3, -0.25) is 0 Å². The summed E-state index contributed by atoms with van der Waals surface area (Å²) in [4.78, 5) is 0. The van der Waals surface area contributed by atoms with Crippen LogP contribution in [0.5, 0.6) is 11.5 Å². The maximum atomic E-state index is 13.7. The van der Waals surface area contributed by atoms with Crippen molar-refractivity contribution in [3.05, 3.63) is 76.6 Å². The molecule has 0 spiro atoms. The minimum atomic E-state index is -3.44. The van der Waals surface area contributed by atoms with Crippen molar-refractivity contribution in [2.75, 3.05) is 12.4 Å². The predicted molar refractivity (Wildman–Crippen MR) is 130 cm³/mol. The summed E-state index contributed by atoms with van der Waals surface area (Å²) in [6, 6.07) is 13.4. The number of ether oxygens (including phenoxy) is 1. The summed E-state index contributed by atoms with van der Waals surface area (Å²) in [5.74, 6) is -0.530. The molecule has 4 rings (SSSR count). The molecule has 180 valence electrons. The van der Waals surface area contributed by atoms with Crippen LogP contribution in [0, 0.1) is 5.82 Å². The van der Waals surface area contributed by atoms with Gasteiger partial charge in [0.2, 0.25) is 0 Å². The number of allylic oxidation sites excluding steroid dienone is 1. The molecule has 0 aromatic heterocycles. The lowest BCUT2D eigenvalue weighted by molar-refractivity contribution is 0.168. The number of aromatic hydroxyl groups is 1. The van der Waals surface area contributed by atoms with E-state index in [1.807, 2.05) is 43.3 Å². The highest BCUT2D eigenvalue weighted by molar-refractivity contribution is 7.92. The van der Waals surface area contributed by atoms with E-state index in [1.54, 1.807) is 6.07 Å². The van der Waals surface area contributed by atoms with E-state index in [4.69, 9.17) is 9.39 Å². The summed E-state index contributed by atoms with van der Waals surface area (Å²) in [6.07, 6.45) is 3.10. The van der Waals surface area contributed by atoms with Crippen LogP contribution in [-0.4, -0.2) is 49.4 Å². The maximum Gasteiger partial charge on any atom is 0.456 e. The fourth-order valence-corrected chi connectivity index (χ4v) is 6.71. The molecule has 0 bridgehead atoms. The topological polar surface area (TPSA) is 93.1 Å². The van der Waals surface area contributed by atoms with Gasteiger partial charge < -0.3 is 19.5 Å². The van der Waals surface area contributed by atoms with Crippen LogP contribution in [0.1, 0.15) is 31.7 Å². The Bertz CT molecular complexity index is 1200. The van der Waals surface area contributed by atoms with Crippen LogP contribution in [0.15, 0.2) is 65.3 Å². The summed E-state index contributed by atoms with van der Waals surface area (Å²) < 4.78 is 51.1. The molecule has 2 aliphatic heterocycles. The Morgan fingerprint density at radius 1 is 1.26 bits per heavy atom. The molecule has 2 aliphatic rings. The van der Waals surface area contributed by atoms with Crippen molar-refractivity contribution in [1.82, 2.24) is 0 Å². The smallest absolute Gasteiger partial charge is 0.456 e. The molecule has 1 fully saturated rings. The van der Waals surface area contributed by atoms with E-state index in [0.29, 0.717) is 41.7 Å². The van der Waals surface area contributed by atoms with Gasteiger partial charge in [0.25, 0.3) is 0 Å². The minimum absolute atomic E-state index is 0.0201. The van der Waals surface area contributed by atoms with Gasteiger partial charge in [-0.25, -0.2) is 12.8 Å². The number of para-hydroxylation sites is 1. The monoisotopic (exact) mass is 486 g/mol. The standard InChI is InChI=1S/C25H28BFO6S/c1-2-17(12-18-8-10-22(28)21(27)13-18)9-11-23-25-19(15-32-20-6-4-3-5-7-20)16-34(30,31)24(25)14-26(29)33-23/h3-8,10,12-13,23-24,28-29H,2,9,11,14-16H2,1H3/b17-12+/t23-,24+/m1/s1. The Morgan fingerprint density at radius 2 is 2.03 bits per heavy atom. The van der Waals surface area contributed by atoms with Gasteiger partial charge in [-0.05, 0) is 60.2 Å². The van der Waals surface area contributed by atoms with E-state index in [1.165, 1.54) is 12.1 Å². The first-order chi connectivity index (χ1) is 16.3. The quantitative estimate of drug-likeness (QED) is 0.430. The van der Waals surface area contributed by atoms with Crippen molar-refractivity contribution < 1.29 is 32.3 Å². The first-order valence-corrected chi connectivity index (χ1v) is 13.1. The summed E-state index contributed by atoms with van der Waals surface area (Å²) >= 11 is 0. The lowest BCUT2D eigenvalue weighted by atomic mass is 9.74. The number of hydrogen-bond donors (Lipinski definition) is 2. The summed E-state index contributed by atoms with van der Waals surface area (Å²) in [5, 5.41) is 18.9. The molecule has 0 unspecified atom stereocenters. The third kappa shape index (κ3) is 5.54. The van der Waals surface area contributed by atoms with Crippen LogP contribution in [0.2, 0.25) is 6.32 Å². The maximum absolute atomic E-state index is 13.7. The van der Waals surface area contributed by atoms with Crippen LogP contribution in [-0.2, 0) is 14.5 Å². The van der Waals surface area contributed by atoms with Gasteiger partial charge in [-0.15, -0.1) is 0 Å². The number of benzene rings is 2. The molecule has 1 saturated heterocycles. The number of phenolic OH excluding ortho intramolecular Hbond substituents is 1. The summed E-state index contributed by atoms with van der Waals surface area (Å²) in [5.41, 5.74) is 3.05. The molecular formula is C25H28BFO6S. The third-order valence-electron chi connectivity index (χ3n) is 6.33. The van der Waals surface area contributed by atoms with Crippen molar-refractivity contribution in [3.63, 3.8) is 0 Å². The van der Waals surface area contributed by atoms with Crippen LogP contribution < -0.4 is 4.74 Å². The molecule has 2 aromatic rings. The van der Waals surface area contributed by atoms with Crippen molar-refractivity contribution in [3.8, 4) is 11.5 Å². The van der Waals surface area contributed by atoms with Gasteiger partial charge in [0.05, 0.1) is 17.1 Å². The van der Waals surface area contributed by atoms with Crippen LogP contribution in [0.3, 0.4) is 0 Å². The molecule has 0 amide bonds. The fourth-order valence-electron chi connectivity index (χ4n) is 4.61. The highest BCUT2D eigenvalue weighted by Gasteiger charge is 2.48. The Hall–Kier alpha value is -2.62.